The highest BCUT2D eigenvalue weighted by Crippen LogP contribution is 2.40. The minimum atomic E-state index is -4.58. The number of benzene rings is 1. The lowest BCUT2D eigenvalue weighted by Crippen LogP contribution is -2.40. The predicted octanol–water partition coefficient (Wildman–Crippen LogP) is 4.64. The van der Waals surface area contributed by atoms with Crippen molar-refractivity contribution in [2.24, 2.45) is 5.14 Å². The van der Waals surface area contributed by atoms with Crippen molar-refractivity contribution in [1.82, 2.24) is 15.0 Å². The molecule has 8 nitrogen and oxygen atoms in total. The average molecular weight is 514 g/mol. The number of aromatic nitrogens is 3. The Morgan fingerprint density at radius 1 is 1.17 bits per heavy atom. The molecule has 1 aliphatic rings. The van der Waals surface area contributed by atoms with Gasteiger partial charge in [-0.25, -0.2) is 19.5 Å². The number of anilines is 2. The first kappa shape index (κ1) is 24.9. The molecule has 4 N–H and O–H groups in total. The molecule has 3 aromatic rings. The summed E-state index contributed by atoms with van der Waals surface area (Å²) in [5.41, 5.74) is -0.0986. The maximum absolute atomic E-state index is 14.4. The Morgan fingerprint density at radius 3 is 2.51 bits per heavy atom. The van der Waals surface area contributed by atoms with Crippen molar-refractivity contribution in [3.05, 3.63) is 66.0 Å². The van der Waals surface area contributed by atoms with Gasteiger partial charge >= 0.3 is 6.18 Å². The van der Waals surface area contributed by atoms with E-state index in [-0.39, 0.29) is 28.2 Å². The van der Waals surface area contributed by atoms with Gasteiger partial charge in [0.05, 0.1) is 22.9 Å². The van der Waals surface area contributed by atoms with Crippen LogP contribution in [-0.4, -0.2) is 36.1 Å². The molecular formula is C22H23F4N5O3S. The van der Waals surface area contributed by atoms with Crippen molar-refractivity contribution in [3.63, 3.8) is 0 Å². The summed E-state index contributed by atoms with van der Waals surface area (Å²) in [6.07, 6.45) is 2.95. The van der Waals surface area contributed by atoms with Gasteiger partial charge in [-0.1, -0.05) is 0 Å². The molecular weight excluding hydrogens is 490 g/mol. The number of alkyl halides is 3. The van der Waals surface area contributed by atoms with Crippen LogP contribution < -0.4 is 15.2 Å². The van der Waals surface area contributed by atoms with E-state index in [1.807, 2.05) is 0 Å². The van der Waals surface area contributed by atoms with Crippen LogP contribution in [0.25, 0.3) is 0 Å². The lowest BCUT2D eigenvalue weighted by molar-refractivity contribution is -0.139. The van der Waals surface area contributed by atoms with Gasteiger partial charge in [0.2, 0.25) is 5.95 Å². The lowest BCUT2D eigenvalue weighted by atomic mass is 10.0. The molecule has 0 aliphatic heterocycles. The maximum atomic E-state index is 14.4. The van der Waals surface area contributed by atoms with Crippen LogP contribution in [0.15, 0.2) is 53.9 Å². The monoisotopic (exact) mass is 513 g/mol. The Kier molecular flexibility index (Phi) is 6.28. The van der Waals surface area contributed by atoms with Gasteiger partial charge in [0.25, 0.3) is 0 Å². The number of nitrogens with two attached hydrogens (primary N) is 1. The van der Waals surface area contributed by atoms with E-state index in [1.165, 1.54) is 12.1 Å². The zero-order chi connectivity index (χ0) is 25.5. The third-order valence-corrected chi connectivity index (χ3v) is 7.07. The summed E-state index contributed by atoms with van der Waals surface area (Å²) in [4.78, 5) is 11.9. The highest BCUT2D eigenvalue weighted by molar-refractivity contribution is 8.12. The third-order valence-electron chi connectivity index (χ3n) is 5.67. The van der Waals surface area contributed by atoms with Crippen molar-refractivity contribution in [2.45, 2.75) is 42.4 Å². The van der Waals surface area contributed by atoms with Crippen LogP contribution in [0, 0.1) is 5.82 Å². The highest BCUT2D eigenvalue weighted by Gasteiger charge is 2.36. The summed E-state index contributed by atoms with van der Waals surface area (Å²) >= 11 is 0. The molecule has 1 aromatic carbocycles. The van der Waals surface area contributed by atoms with E-state index in [9.17, 15) is 26.3 Å². The van der Waals surface area contributed by atoms with Crippen LogP contribution in [0.5, 0.6) is 5.75 Å². The first-order valence-electron chi connectivity index (χ1n) is 10.5. The molecule has 0 spiro atoms. The Morgan fingerprint density at radius 2 is 1.89 bits per heavy atom. The normalized spacial score (nSPS) is 19.7. The minimum Gasteiger partial charge on any atom is -0.488 e. The second-order valence-electron chi connectivity index (χ2n) is 8.58. The van der Waals surface area contributed by atoms with Gasteiger partial charge in [-0.2, -0.15) is 17.4 Å². The molecule has 0 saturated heterocycles. The Labute approximate surface area is 198 Å². The number of hydrogen-bond acceptors (Lipinski definition) is 6. The number of rotatable bonds is 6. The molecule has 1 fully saturated rings. The van der Waals surface area contributed by atoms with Gasteiger partial charge in [0.15, 0.2) is 0 Å². The molecule has 2 aromatic heterocycles. The van der Waals surface area contributed by atoms with E-state index in [2.05, 4.69) is 20.3 Å². The van der Waals surface area contributed by atoms with Crippen molar-refractivity contribution >= 4 is 21.2 Å². The fourth-order valence-corrected chi connectivity index (χ4v) is 4.67. The van der Waals surface area contributed by atoms with E-state index in [0.717, 1.165) is 36.3 Å². The first-order chi connectivity index (χ1) is 16.3. The fourth-order valence-electron chi connectivity index (χ4n) is 3.88. The summed E-state index contributed by atoms with van der Waals surface area (Å²) < 4.78 is 81.4. The number of pyridine rings is 1. The van der Waals surface area contributed by atoms with Crippen LogP contribution in [-0.2, 0) is 15.7 Å². The van der Waals surface area contributed by atoms with Gasteiger partial charge < -0.3 is 10.1 Å². The average Bonchev–Trinajstić information content (AvgIpc) is 3.22. The Hall–Kier alpha value is -3.16. The minimum absolute atomic E-state index is 0.00987. The number of hydrogen-bond donors (Lipinski definition) is 3. The molecule has 0 bridgehead atoms. The second-order valence-corrected chi connectivity index (χ2v) is 11.8. The number of nitrogens with zero attached hydrogens (tertiary/aromatic N) is 3. The van der Waals surface area contributed by atoms with Gasteiger partial charge in [0.1, 0.15) is 17.1 Å². The van der Waals surface area contributed by atoms with E-state index in [0.29, 0.717) is 19.3 Å². The Bertz CT molecular complexity index is 1290. The van der Waals surface area contributed by atoms with Crippen LogP contribution in [0.4, 0.5) is 29.2 Å². The molecule has 2 heterocycles. The van der Waals surface area contributed by atoms with Crippen molar-refractivity contribution in [2.75, 3.05) is 11.6 Å². The maximum Gasteiger partial charge on any atom is 0.420 e. The molecule has 35 heavy (non-hydrogen) atoms. The molecule has 0 unspecified atom stereocenters. The van der Waals surface area contributed by atoms with Crippen molar-refractivity contribution in [1.29, 1.82) is 0 Å². The largest absolute Gasteiger partial charge is 0.488 e. The Balaban J connectivity index is 1.40. The predicted molar refractivity (Wildman–Crippen MR) is 121 cm³/mol. The molecule has 13 heteroatoms. The van der Waals surface area contributed by atoms with Crippen molar-refractivity contribution in [3.8, 4) is 5.75 Å². The molecule has 0 amide bonds. The smallest absolute Gasteiger partial charge is 0.420 e. The quantitative estimate of drug-likeness (QED) is 0.410. The standard InChI is InChI=1S/C22H23F4N5O3S/c1-35(27,32,33)16-4-5-19(18(23)9-16)31-21-29-10-14(11-30-21)13-2-3-15(8-13)34-20-12-28-7-6-17(20)22(24,25)26/h4-7,9-13,15H,2-3,8H2,1H3,(H3,27,32,33)(H,29,30,31)/t13-,15+/m0/s1. The van der Waals surface area contributed by atoms with E-state index in [1.54, 1.807) is 12.4 Å². The number of nitrogens with one attached hydrogen (secondary N) is 1. The molecule has 0 radical (unpaired) electrons. The van der Waals surface area contributed by atoms with Gasteiger partial charge in [0, 0.05) is 24.8 Å². The van der Waals surface area contributed by atoms with Gasteiger partial charge in [-0.05, 0) is 55.0 Å². The third kappa shape index (κ3) is 5.92. The first-order valence-corrected chi connectivity index (χ1v) is 12.9. The molecule has 1 saturated carbocycles. The van der Waals surface area contributed by atoms with E-state index >= 15 is 0 Å². The highest BCUT2D eigenvalue weighted by atomic mass is 32.3. The summed E-state index contributed by atoms with van der Waals surface area (Å²) in [6, 6.07) is 4.25. The van der Waals surface area contributed by atoms with Crippen LogP contribution in [0.1, 0.15) is 36.3 Å². The number of halogens is 4. The fraction of sp³-hybridized carbons (Fsp3) is 0.318. The van der Waals surface area contributed by atoms with Crippen LogP contribution in [0.2, 0.25) is 0 Å². The lowest BCUT2D eigenvalue weighted by Gasteiger charge is -2.33. The van der Waals surface area contributed by atoms with Crippen LogP contribution in [0.3, 0.4) is 0 Å². The molecule has 2 atom stereocenters. The van der Waals surface area contributed by atoms with E-state index < -0.39 is 33.2 Å². The topological polar surface area (TPSA) is 123 Å². The summed E-state index contributed by atoms with van der Waals surface area (Å²) in [5, 5.41) is 8.06. The zero-order valence-electron chi connectivity index (χ0n) is 18.5. The molecule has 188 valence electrons. The summed E-state index contributed by atoms with van der Waals surface area (Å²) in [7, 11) is -4.58. The van der Waals surface area contributed by atoms with Crippen molar-refractivity contribution < 1.29 is 31.1 Å². The van der Waals surface area contributed by atoms with E-state index in [4.69, 9.17) is 9.88 Å². The summed E-state index contributed by atoms with van der Waals surface area (Å²) in [6.45, 7) is 0. The van der Waals surface area contributed by atoms with Gasteiger partial charge in [-0.3, -0.25) is 9.54 Å². The number of ether oxygens (including phenoxy) is 1. The second kappa shape index (κ2) is 8.81. The summed E-state index contributed by atoms with van der Waals surface area (Å²) in [5.74, 6) is -1.02. The molecule has 4 rings (SSSR count). The van der Waals surface area contributed by atoms with Gasteiger partial charge in [-0.15, -0.1) is 9.53 Å². The molecule has 1 aliphatic carbocycles. The van der Waals surface area contributed by atoms with Crippen LogP contribution >= 0.6 is 0 Å². The SMILES string of the molecule is CS(N)(=O)(O)c1ccc(Nc2ncc([C@H]3CC[C@@H](Oc4cnccc4C(F)(F)F)C3)cn2)c(F)c1. The zero-order valence-corrected chi connectivity index (χ0v) is 19.3.